The molecule has 1 saturated heterocycles. The Morgan fingerprint density at radius 2 is 2.00 bits per heavy atom. The minimum absolute atomic E-state index is 0.101. The number of aryl methyl sites for hydroxylation is 1. The number of hydrogen-bond donors (Lipinski definition) is 1. The van der Waals surface area contributed by atoms with Crippen molar-refractivity contribution in [3.63, 3.8) is 0 Å². The Morgan fingerprint density at radius 3 is 2.63 bits per heavy atom. The number of carbonyl (C=O) groups is 1. The number of thioether (sulfide) groups is 1. The zero-order valence-corrected chi connectivity index (χ0v) is 15.2. The Balaban J connectivity index is 1.56. The number of nitrogens with one attached hydrogen (secondary N) is 1. The minimum atomic E-state index is -4.35. The van der Waals surface area contributed by atoms with Crippen molar-refractivity contribution in [1.82, 2.24) is 15.1 Å². The predicted octanol–water partition coefficient (Wildman–Crippen LogP) is 3.51. The lowest BCUT2D eigenvalue weighted by molar-refractivity contribution is -0.137. The number of alkyl halides is 3. The van der Waals surface area contributed by atoms with Crippen LogP contribution >= 0.6 is 11.8 Å². The van der Waals surface area contributed by atoms with Gasteiger partial charge in [0, 0.05) is 17.5 Å². The highest BCUT2D eigenvalue weighted by atomic mass is 32.2. The van der Waals surface area contributed by atoms with Crippen molar-refractivity contribution < 1.29 is 18.0 Å². The van der Waals surface area contributed by atoms with Gasteiger partial charge >= 0.3 is 6.18 Å². The predicted molar refractivity (Wildman–Crippen MR) is 98.3 cm³/mol. The van der Waals surface area contributed by atoms with Crippen molar-refractivity contribution in [2.75, 3.05) is 11.5 Å². The number of fused-ring (bicyclic) bond motifs is 1. The number of nitrogens with zero attached hydrogens (tertiary/aromatic N) is 2. The summed E-state index contributed by atoms with van der Waals surface area (Å²) in [6.45, 7) is 0.317. The smallest absolute Gasteiger partial charge is 0.348 e. The molecule has 1 aliphatic carbocycles. The first kappa shape index (κ1) is 18.2. The maximum Gasteiger partial charge on any atom is 0.416 e. The third-order valence-electron chi connectivity index (χ3n) is 4.76. The second-order valence-electron chi connectivity index (χ2n) is 6.74. The standard InChI is InChI=1S/C19H18F3N3OS/c20-19(21,22)14-6-4-12(5-7-14)9-25-17-13(8-23-25)2-1-3-16(17)18(26)24-15-10-27-11-15/h3-8,15H,1-2,9-11H2,(H,24,26). The lowest BCUT2D eigenvalue weighted by Crippen LogP contribution is -2.44. The van der Waals surface area contributed by atoms with Crippen LogP contribution in [0.2, 0.25) is 0 Å². The second kappa shape index (κ2) is 7.07. The molecule has 2 aliphatic rings. The van der Waals surface area contributed by atoms with Crippen molar-refractivity contribution in [1.29, 1.82) is 0 Å². The summed E-state index contributed by atoms with van der Waals surface area (Å²) in [7, 11) is 0. The summed E-state index contributed by atoms with van der Waals surface area (Å²) in [4.78, 5) is 12.7. The first-order chi connectivity index (χ1) is 12.9. The minimum Gasteiger partial charge on any atom is -0.348 e. The fraction of sp³-hybridized carbons (Fsp3) is 0.368. The van der Waals surface area contributed by atoms with Gasteiger partial charge in [-0.2, -0.15) is 30.0 Å². The third-order valence-corrected chi connectivity index (χ3v) is 6.04. The van der Waals surface area contributed by atoms with Gasteiger partial charge in [-0.1, -0.05) is 18.2 Å². The molecule has 142 valence electrons. The van der Waals surface area contributed by atoms with E-state index < -0.39 is 11.7 Å². The average Bonchev–Trinajstić information content (AvgIpc) is 3.01. The number of rotatable bonds is 4. The SMILES string of the molecule is O=C(NC1CSC1)C1=CCCc2cnn(Cc3ccc(C(F)(F)F)cc3)c21. The Kier molecular flexibility index (Phi) is 4.75. The number of benzene rings is 1. The van der Waals surface area contributed by atoms with E-state index in [2.05, 4.69) is 10.4 Å². The molecule has 4 rings (SSSR count). The van der Waals surface area contributed by atoms with Crippen LogP contribution in [0.1, 0.15) is 28.8 Å². The molecule has 0 saturated carbocycles. The number of halogens is 3. The van der Waals surface area contributed by atoms with Crippen LogP contribution in [0.3, 0.4) is 0 Å². The number of amides is 1. The Bertz CT molecular complexity index is 883. The van der Waals surface area contributed by atoms with Gasteiger partial charge in [-0.15, -0.1) is 0 Å². The lowest BCUT2D eigenvalue weighted by Gasteiger charge is -2.27. The molecule has 1 N–H and O–H groups in total. The molecule has 27 heavy (non-hydrogen) atoms. The highest BCUT2D eigenvalue weighted by Crippen LogP contribution is 2.30. The van der Waals surface area contributed by atoms with Crippen molar-refractivity contribution in [3.05, 3.63) is 58.9 Å². The van der Waals surface area contributed by atoms with E-state index in [1.807, 2.05) is 6.08 Å². The number of carbonyl (C=O) groups excluding carboxylic acids is 1. The van der Waals surface area contributed by atoms with Crippen molar-refractivity contribution >= 4 is 23.2 Å². The summed E-state index contributed by atoms with van der Waals surface area (Å²) in [5, 5.41) is 7.42. The molecule has 1 aliphatic heterocycles. The fourth-order valence-corrected chi connectivity index (χ4v) is 3.90. The summed E-state index contributed by atoms with van der Waals surface area (Å²) >= 11 is 1.80. The van der Waals surface area contributed by atoms with E-state index in [9.17, 15) is 18.0 Å². The van der Waals surface area contributed by atoms with Gasteiger partial charge in [-0.25, -0.2) is 0 Å². The molecule has 0 unspecified atom stereocenters. The van der Waals surface area contributed by atoms with Crippen LogP contribution in [-0.4, -0.2) is 33.2 Å². The molecule has 4 nitrogen and oxygen atoms in total. The van der Waals surface area contributed by atoms with Crippen LogP contribution in [0, 0.1) is 0 Å². The summed E-state index contributed by atoms with van der Waals surface area (Å²) in [6.07, 6.45) is 0.907. The van der Waals surface area contributed by atoms with Crippen LogP contribution in [0.5, 0.6) is 0 Å². The maximum atomic E-state index is 12.7. The molecular weight excluding hydrogens is 375 g/mol. The van der Waals surface area contributed by atoms with Gasteiger partial charge in [0.05, 0.1) is 29.6 Å². The van der Waals surface area contributed by atoms with Gasteiger partial charge in [-0.05, 0) is 36.1 Å². The maximum absolute atomic E-state index is 12.7. The van der Waals surface area contributed by atoms with Gasteiger partial charge < -0.3 is 5.32 Å². The molecule has 1 aromatic carbocycles. The van der Waals surface area contributed by atoms with E-state index in [1.54, 1.807) is 22.6 Å². The topological polar surface area (TPSA) is 46.9 Å². The molecule has 2 aromatic rings. The molecule has 0 atom stereocenters. The molecule has 0 bridgehead atoms. The largest absolute Gasteiger partial charge is 0.416 e. The Labute approximate surface area is 158 Å². The van der Waals surface area contributed by atoms with Gasteiger partial charge in [0.15, 0.2) is 0 Å². The summed E-state index contributed by atoms with van der Waals surface area (Å²) < 4.78 is 39.9. The molecular formula is C19H18F3N3OS. The normalized spacial score (nSPS) is 17.1. The van der Waals surface area contributed by atoms with E-state index in [4.69, 9.17) is 0 Å². The number of hydrogen-bond acceptors (Lipinski definition) is 3. The molecule has 0 radical (unpaired) electrons. The second-order valence-corrected chi connectivity index (χ2v) is 7.81. The molecule has 0 spiro atoms. The first-order valence-corrected chi connectivity index (χ1v) is 9.87. The van der Waals surface area contributed by atoms with Gasteiger partial charge in [0.1, 0.15) is 0 Å². The van der Waals surface area contributed by atoms with Crippen molar-refractivity contribution in [3.8, 4) is 0 Å². The number of allylic oxidation sites excluding steroid dienone is 1. The van der Waals surface area contributed by atoms with Crippen molar-refractivity contribution in [2.24, 2.45) is 0 Å². The lowest BCUT2D eigenvalue weighted by atomic mass is 9.96. The van der Waals surface area contributed by atoms with Gasteiger partial charge in [-0.3, -0.25) is 9.48 Å². The Hall–Kier alpha value is -2.22. The highest BCUT2D eigenvalue weighted by molar-refractivity contribution is 8.00. The van der Waals surface area contributed by atoms with E-state index >= 15 is 0 Å². The van der Waals surface area contributed by atoms with Crippen molar-refractivity contribution in [2.45, 2.75) is 31.6 Å². The average molecular weight is 393 g/mol. The quantitative estimate of drug-likeness (QED) is 0.865. The first-order valence-electron chi connectivity index (χ1n) is 8.72. The monoisotopic (exact) mass is 393 g/mol. The summed E-state index contributed by atoms with van der Waals surface area (Å²) in [5.74, 6) is 1.75. The highest BCUT2D eigenvalue weighted by Gasteiger charge is 2.30. The zero-order chi connectivity index (χ0) is 19.0. The molecule has 2 heterocycles. The molecule has 1 aromatic heterocycles. The molecule has 1 fully saturated rings. The van der Waals surface area contributed by atoms with E-state index in [1.165, 1.54) is 12.1 Å². The van der Waals surface area contributed by atoms with Crippen LogP contribution in [0.15, 0.2) is 36.5 Å². The van der Waals surface area contributed by atoms with E-state index in [0.717, 1.165) is 47.7 Å². The third kappa shape index (κ3) is 3.76. The van der Waals surface area contributed by atoms with Crippen LogP contribution in [0.25, 0.3) is 5.57 Å². The molecule has 8 heteroatoms. The van der Waals surface area contributed by atoms with Gasteiger partial charge in [0.25, 0.3) is 5.91 Å². The summed E-state index contributed by atoms with van der Waals surface area (Å²) in [6, 6.07) is 5.26. The molecule has 1 amide bonds. The van der Waals surface area contributed by atoms with Crippen LogP contribution in [0.4, 0.5) is 13.2 Å². The van der Waals surface area contributed by atoms with E-state index in [-0.39, 0.29) is 11.9 Å². The zero-order valence-electron chi connectivity index (χ0n) is 14.4. The van der Waals surface area contributed by atoms with Crippen LogP contribution < -0.4 is 5.32 Å². The Morgan fingerprint density at radius 1 is 1.26 bits per heavy atom. The number of aromatic nitrogens is 2. The summed E-state index contributed by atoms with van der Waals surface area (Å²) in [5.41, 5.74) is 2.41. The van der Waals surface area contributed by atoms with Crippen LogP contribution in [-0.2, 0) is 23.9 Å². The fourth-order valence-electron chi connectivity index (χ4n) is 3.26. The van der Waals surface area contributed by atoms with E-state index in [0.29, 0.717) is 17.7 Å². The van der Waals surface area contributed by atoms with Gasteiger partial charge in [0.2, 0.25) is 0 Å².